The number of nitrogens with zero attached hydrogens (tertiary/aromatic N) is 2. The summed E-state index contributed by atoms with van der Waals surface area (Å²) in [7, 11) is 1.62. The van der Waals surface area contributed by atoms with E-state index in [-0.39, 0.29) is 18.3 Å². The molecule has 6 nitrogen and oxygen atoms in total. The van der Waals surface area contributed by atoms with Gasteiger partial charge < -0.3 is 19.8 Å². The van der Waals surface area contributed by atoms with Gasteiger partial charge in [-0.25, -0.2) is 0 Å². The van der Waals surface area contributed by atoms with E-state index in [1.807, 2.05) is 36.4 Å². The molecule has 0 radical (unpaired) electrons. The number of carboxylic acid groups (broad SMARTS) is 1. The molecule has 1 fully saturated rings. The Balaban J connectivity index is 1.35. The Hall–Kier alpha value is -2.38. The van der Waals surface area contributed by atoms with Gasteiger partial charge in [0.25, 0.3) is 0 Å². The third-order valence-electron chi connectivity index (χ3n) is 7.52. The molecule has 1 aliphatic rings. The van der Waals surface area contributed by atoms with Crippen LogP contribution < -0.4 is 4.74 Å². The van der Waals surface area contributed by atoms with Gasteiger partial charge in [0.15, 0.2) is 0 Å². The van der Waals surface area contributed by atoms with Gasteiger partial charge in [0.1, 0.15) is 5.75 Å². The van der Waals surface area contributed by atoms with Gasteiger partial charge in [-0.2, -0.15) is 0 Å². The quantitative estimate of drug-likeness (QED) is 0.290. The molecular weight excluding hydrogens is 511 g/mol. The second kappa shape index (κ2) is 12.9. The SMILES string of the molecule is COc1ccc2nccc(C(O)CC[C@@H]3CCN(CCCc4cccc(Cl)c4Cl)C[C@@H]3CC(=O)O)c2c1. The van der Waals surface area contributed by atoms with Crippen LogP contribution in [0.25, 0.3) is 10.9 Å². The summed E-state index contributed by atoms with van der Waals surface area (Å²) in [4.78, 5) is 18.4. The van der Waals surface area contributed by atoms with E-state index in [1.165, 1.54) is 0 Å². The molecule has 0 aliphatic carbocycles. The van der Waals surface area contributed by atoms with Crippen molar-refractivity contribution >= 4 is 40.1 Å². The van der Waals surface area contributed by atoms with Crippen molar-refractivity contribution in [2.75, 3.05) is 26.7 Å². The van der Waals surface area contributed by atoms with Crippen LogP contribution in [0, 0.1) is 11.8 Å². The number of hydrogen-bond donors (Lipinski definition) is 2. The average molecular weight is 546 g/mol. The minimum Gasteiger partial charge on any atom is -0.497 e. The van der Waals surface area contributed by atoms with E-state index in [1.54, 1.807) is 19.4 Å². The summed E-state index contributed by atoms with van der Waals surface area (Å²) in [5.41, 5.74) is 2.69. The largest absolute Gasteiger partial charge is 0.497 e. The maximum atomic E-state index is 11.6. The number of halogens is 2. The van der Waals surface area contributed by atoms with E-state index < -0.39 is 12.1 Å². The number of methoxy groups -OCH3 is 1. The molecule has 0 amide bonds. The van der Waals surface area contributed by atoms with Crippen molar-refractivity contribution in [1.82, 2.24) is 9.88 Å². The maximum absolute atomic E-state index is 11.6. The number of carbonyl (C=O) groups is 1. The van der Waals surface area contributed by atoms with Crippen LogP contribution in [-0.2, 0) is 11.2 Å². The number of aryl methyl sites for hydroxylation is 1. The first-order chi connectivity index (χ1) is 17.9. The molecule has 0 spiro atoms. The van der Waals surface area contributed by atoms with E-state index in [0.717, 1.165) is 73.1 Å². The average Bonchev–Trinajstić information content (AvgIpc) is 2.89. The predicted octanol–water partition coefficient (Wildman–Crippen LogP) is 6.41. The summed E-state index contributed by atoms with van der Waals surface area (Å²) in [6.07, 6.45) is 5.25. The van der Waals surface area contributed by atoms with Gasteiger partial charge in [0, 0.05) is 24.5 Å². The van der Waals surface area contributed by atoms with Crippen molar-refractivity contribution in [1.29, 1.82) is 0 Å². The van der Waals surface area contributed by atoms with Crippen molar-refractivity contribution in [2.45, 2.75) is 44.6 Å². The van der Waals surface area contributed by atoms with Crippen LogP contribution >= 0.6 is 23.2 Å². The Morgan fingerprint density at radius 2 is 2.05 bits per heavy atom. The molecule has 4 rings (SSSR count). The van der Waals surface area contributed by atoms with E-state index in [4.69, 9.17) is 27.9 Å². The molecule has 8 heteroatoms. The minimum absolute atomic E-state index is 0.0579. The molecule has 198 valence electrons. The number of aromatic nitrogens is 1. The molecule has 0 bridgehead atoms. The van der Waals surface area contributed by atoms with Crippen molar-refractivity contribution < 1.29 is 19.7 Å². The normalized spacial score (nSPS) is 19.1. The number of rotatable bonds is 11. The third-order valence-corrected chi connectivity index (χ3v) is 8.37. The fourth-order valence-corrected chi connectivity index (χ4v) is 5.94. The molecular formula is C29H34Cl2N2O4. The highest BCUT2D eigenvalue weighted by atomic mass is 35.5. The number of fused-ring (bicyclic) bond motifs is 1. The number of piperidine rings is 1. The minimum atomic E-state index is -0.768. The molecule has 1 aliphatic heterocycles. The smallest absolute Gasteiger partial charge is 0.303 e. The number of hydrogen-bond acceptors (Lipinski definition) is 5. The van der Waals surface area contributed by atoms with Gasteiger partial charge in [-0.1, -0.05) is 35.3 Å². The fraction of sp³-hybridized carbons (Fsp3) is 0.448. The molecule has 37 heavy (non-hydrogen) atoms. The van der Waals surface area contributed by atoms with Crippen molar-refractivity contribution in [3.8, 4) is 5.75 Å². The van der Waals surface area contributed by atoms with Crippen molar-refractivity contribution in [3.63, 3.8) is 0 Å². The van der Waals surface area contributed by atoms with E-state index in [2.05, 4.69) is 9.88 Å². The molecule has 2 heterocycles. The topological polar surface area (TPSA) is 82.9 Å². The zero-order valence-electron chi connectivity index (χ0n) is 21.1. The number of likely N-dealkylation sites (tertiary alicyclic amines) is 1. The Bertz CT molecular complexity index is 1220. The second-order valence-corrected chi connectivity index (χ2v) is 10.7. The molecule has 3 aromatic rings. The summed E-state index contributed by atoms with van der Waals surface area (Å²) >= 11 is 12.5. The standard InChI is InChI=1S/C29H34Cl2N2O4/c1-37-22-8-9-26-24(17-22)23(11-13-32-26)27(34)10-7-19-12-15-33(18-21(19)16-28(35)36)14-3-5-20-4-2-6-25(30)29(20)31/h2,4,6,8-9,11,13,17,19,21,27,34H,3,5,7,10,12,14-16,18H2,1H3,(H,35,36)/t19-,21+,27?/m1/s1. The Kier molecular flexibility index (Phi) is 9.65. The molecule has 2 N–H and O–H groups in total. The summed E-state index contributed by atoms with van der Waals surface area (Å²) in [5, 5.41) is 22.7. The first-order valence-corrected chi connectivity index (χ1v) is 13.6. The number of aliphatic carboxylic acids is 1. The van der Waals surface area contributed by atoms with Gasteiger partial charge in [-0.3, -0.25) is 9.78 Å². The summed E-state index contributed by atoms with van der Waals surface area (Å²) in [6.45, 7) is 2.57. The van der Waals surface area contributed by atoms with Gasteiger partial charge in [0.2, 0.25) is 0 Å². The highest BCUT2D eigenvalue weighted by molar-refractivity contribution is 6.42. The number of ether oxygens (including phenoxy) is 1. The third kappa shape index (κ3) is 7.14. The zero-order valence-corrected chi connectivity index (χ0v) is 22.6. The molecule has 1 aromatic heterocycles. The molecule has 2 aromatic carbocycles. The van der Waals surface area contributed by atoms with E-state index >= 15 is 0 Å². The fourth-order valence-electron chi connectivity index (χ4n) is 5.52. The van der Waals surface area contributed by atoms with Gasteiger partial charge >= 0.3 is 5.97 Å². The van der Waals surface area contributed by atoms with Gasteiger partial charge in [0.05, 0.1) is 28.8 Å². The van der Waals surface area contributed by atoms with E-state index in [9.17, 15) is 15.0 Å². The van der Waals surface area contributed by atoms with Crippen LogP contribution in [0.15, 0.2) is 48.7 Å². The Morgan fingerprint density at radius 1 is 1.22 bits per heavy atom. The number of pyridine rings is 1. The lowest BCUT2D eigenvalue weighted by Crippen LogP contribution is -2.42. The van der Waals surface area contributed by atoms with Crippen molar-refractivity contribution in [2.24, 2.45) is 11.8 Å². The number of benzene rings is 2. The Morgan fingerprint density at radius 3 is 2.84 bits per heavy atom. The number of aliphatic hydroxyl groups is 1. The van der Waals surface area contributed by atoms with Crippen molar-refractivity contribution in [3.05, 3.63) is 69.8 Å². The monoisotopic (exact) mass is 544 g/mol. The molecule has 0 saturated carbocycles. The van der Waals surface area contributed by atoms with Crippen LogP contribution in [-0.4, -0.2) is 52.8 Å². The van der Waals surface area contributed by atoms with Gasteiger partial charge in [-0.15, -0.1) is 0 Å². The highest BCUT2D eigenvalue weighted by Gasteiger charge is 2.31. The van der Waals surface area contributed by atoms with Gasteiger partial charge in [-0.05, 0) is 98.5 Å². The lowest BCUT2D eigenvalue weighted by molar-refractivity contribution is -0.139. The molecule has 1 saturated heterocycles. The Labute approximate surface area is 228 Å². The van der Waals surface area contributed by atoms with Crippen LogP contribution in [0.5, 0.6) is 5.75 Å². The summed E-state index contributed by atoms with van der Waals surface area (Å²) in [6, 6.07) is 13.2. The first kappa shape index (κ1) is 27.6. The molecule has 1 unspecified atom stereocenters. The molecule has 3 atom stereocenters. The lowest BCUT2D eigenvalue weighted by Gasteiger charge is -2.38. The van der Waals surface area contributed by atoms with Crippen LogP contribution in [0.1, 0.15) is 49.3 Å². The maximum Gasteiger partial charge on any atom is 0.303 e. The zero-order chi connectivity index (χ0) is 26.4. The van der Waals surface area contributed by atoms with Crippen LogP contribution in [0.4, 0.5) is 0 Å². The number of carboxylic acids is 1. The predicted molar refractivity (Wildman–Crippen MR) is 148 cm³/mol. The number of aliphatic hydroxyl groups excluding tert-OH is 1. The first-order valence-electron chi connectivity index (χ1n) is 12.8. The lowest BCUT2D eigenvalue weighted by atomic mass is 9.79. The van der Waals surface area contributed by atoms with Crippen LogP contribution in [0.2, 0.25) is 10.0 Å². The summed E-state index contributed by atoms with van der Waals surface area (Å²) < 4.78 is 5.36. The summed E-state index contributed by atoms with van der Waals surface area (Å²) in [5.74, 6) is 0.269. The highest BCUT2D eigenvalue weighted by Crippen LogP contribution is 2.35. The van der Waals surface area contributed by atoms with E-state index in [0.29, 0.717) is 16.5 Å². The van der Waals surface area contributed by atoms with Crippen LogP contribution in [0.3, 0.4) is 0 Å². The second-order valence-electron chi connectivity index (χ2n) is 9.90.